The van der Waals surface area contributed by atoms with Gasteiger partial charge in [0.15, 0.2) is 0 Å². The van der Waals surface area contributed by atoms with Gasteiger partial charge in [-0.25, -0.2) is 0 Å². The van der Waals surface area contributed by atoms with Crippen LogP contribution in [0.25, 0.3) is 43.4 Å². The van der Waals surface area contributed by atoms with Gasteiger partial charge in [0.05, 0.1) is 0 Å². The van der Waals surface area contributed by atoms with Gasteiger partial charge in [0.25, 0.3) is 0 Å². The lowest BCUT2D eigenvalue weighted by Gasteiger charge is -2.24. The Hall–Kier alpha value is -2.68. The molecule has 0 aliphatic rings. The van der Waals surface area contributed by atoms with Crippen molar-refractivity contribution in [2.24, 2.45) is 7.05 Å². The first-order valence-electron chi connectivity index (χ1n) is 10.0. The van der Waals surface area contributed by atoms with E-state index in [9.17, 15) is 0 Å². The van der Waals surface area contributed by atoms with Crippen molar-refractivity contribution in [3.05, 3.63) is 44.5 Å². The van der Waals surface area contributed by atoms with E-state index in [0.717, 1.165) is 11.0 Å². The highest BCUT2D eigenvalue weighted by atomic mass is 15.4. The monoisotopic (exact) mass is 369 g/mol. The zero-order valence-corrected chi connectivity index (χ0v) is 18.3. The number of hydrogen-bond acceptors (Lipinski definition) is 2. The maximum absolute atomic E-state index is 4.84. The standard InChI is InChI=1S/C25H27N3/c1-10-12(3)18-16(7)17(8)19-13(4)11(2)15(6)21-23(19)22(18)20(14(10)5)24-25(21)27-28(9)26-24/h1-9H3. The second-order valence-electron chi connectivity index (χ2n) is 8.64. The van der Waals surface area contributed by atoms with E-state index in [1.165, 1.54) is 76.8 Å². The molecule has 0 bridgehead atoms. The van der Waals surface area contributed by atoms with Crippen LogP contribution in [-0.2, 0) is 7.05 Å². The Labute approximate surface area is 165 Å². The SMILES string of the molecule is Cc1c(C)c2c(C)c(C)c3c(C)c(C)c(C)c4c5nn(C)nc5c(c1C)c2c34. The van der Waals surface area contributed by atoms with Gasteiger partial charge in [0.1, 0.15) is 11.0 Å². The molecule has 1 heterocycles. The van der Waals surface area contributed by atoms with E-state index in [1.807, 2.05) is 7.05 Å². The van der Waals surface area contributed by atoms with E-state index in [0.29, 0.717) is 0 Å². The summed E-state index contributed by atoms with van der Waals surface area (Å²) in [4.78, 5) is 1.73. The Morgan fingerprint density at radius 3 is 1.04 bits per heavy atom. The number of benzene rings is 4. The van der Waals surface area contributed by atoms with Crippen molar-refractivity contribution in [3.8, 4) is 0 Å². The highest BCUT2D eigenvalue weighted by Crippen LogP contribution is 2.48. The summed E-state index contributed by atoms with van der Waals surface area (Å²) in [7, 11) is 1.93. The van der Waals surface area contributed by atoms with Gasteiger partial charge in [0, 0.05) is 28.6 Å². The Balaban J connectivity index is 2.39. The van der Waals surface area contributed by atoms with Crippen molar-refractivity contribution in [1.82, 2.24) is 15.0 Å². The second-order valence-corrected chi connectivity index (χ2v) is 8.64. The predicted octanol–water partition coefficient (Wildman–Crippen LogP) is 6.33. The molecule has 3 heteroatoms. The fraction of sp³-hybridized carbons (Fsp3) is 0.360. The lowest BCUT2D eigenvalue weighted by molar-refractivity contribution is 0.666. The van der Waals surface area contributed by atoms with E-state index in [1.54, 1.807) is 4.80 Å². The van der Waals surface area contributed by atoms with E-state index < -0.39 is 0 Å². The van der Waals surface area contributed by atoms with Crippen molar-refractivity contribution in [1.29, 1.82) is 0 Å². The third-order valence-electron chi connectivity index (χ3n) is 7.50. The van der Waals surface area contributed by atoms with Crippen LogP contribution in [-0.4, -0.2) is 15.0 Å². The number of aryl methyl sites for hydroxylation is 7. The molecule has 0 saturated carbocycles. The zero-order valence-electron chi connectivity index (χ0n) is 18.3. The molecule has 5 rings (SSSR count). The van der Waals surface area contributed by atoms with Crippen molar-refractivity contribution >= 4 is 43.4 Å². The molecule has 0 N–H and O–H groups in total. The molecule has 142 valence electrons. The second kappa shape index (κ2) is 5.22. The third-order valence-corrected chi connectivity index (χ3v) is 7.50. The minimum absolute atomic E-state index is 1.04. The van der Waals surface area contributed by atoms with E-state index in [-0.39, 0.29) is 0 Å². The van der Waals surface area contributed by atoms with E-state index >= 15 is 0 Å². The molecule has 3 nitrogen and oxygen atoms in total. The average molecular weight is 370 g/mol. The minimum Gasteiger partial charge on any atom is -0.187 e. The molecule has 4 aromatic carbocycles. The highest BCUT2D eigenvalue weighted by Gasteiger charge is 2.26. The Morgan fingerprint density at radius 1 is 0.393 bits per heavy atom. The highest BCUT2D eigenvalue weighted by molar-refractivity contribution is 6.35. The van der Waals surface area contributed by atoms with Gasteiger partial charge in [-0.15, -0.1) is 0 Å². The van der Waals surface area contributed by atoms with Gasteiger partial charge < -0.3 is 0 Å². The molecule has 0 saturated heterocycles. The van der Waals surface area contributed by atoms with Crippen LogP contribution in [0.2, 0.25) is 0 Å². The summed E-state index contributed by atoms with van der Waals surface area (Å²) in [6.45, 7) is 18.1. The van der Waals surface area contributed by atoms with Crippen molar-refractivity contribution in [2.45, 2.75) is 55.4 Å². The Bertz CT molecular complexity index is 1370. The summed E-state index contributed by atoms with van der Waals surface area (Å²) in [5.41, 5.74) is 13.1. The molecule has 28 heavy (non-hydrogen) atoms. The maximum Gasteiger partial charge on any atom is 0.122 e. The molecular weight excluding hydrogens is 342 g/mol. The quantitative estimate of drug-likeness (QED) is 0.298. The molecule has 0 atom stereocenters. The normalized spacial score (nSPS) is 12.5. The summed E-state index contributed by atoms with van der Waals surface area (Å²) < 4.78 is 0. The fourth-order valence-corrected chi connectivity index (χ4v) is 5.46. The molecule has 0 spiro atoms. The predicted molar refractivity (Wildman–Crippen MR) is 120 cm³/mol. The fourth-order valence-electron chi connectivity index (χ4n) is 5.46. The summed E-state index contributed by atoms with van der Waals surface area (Å²) in [5.74, 6) is 0. The molecule has 0 unspecified atom stereocenters. The van der Waals surface area contributed by atoms with Crippen molar-refractivity contribution in [2.75, 3.05) is 0 Å². The van der Waals surface area contributed by atoms with Gasteiger partial charge in [-0.2, -0.15) is 15.0 Å². The largest absolute Gasteiger partial charge is 0.187 e. The topological polar surface area (TPSA) is 30.7 Å². The number of rotatable bonds is 0. The van der Waals surface area contributed by atoms with Gasteiger partial charge in [-0.05, 0) is 111 Å². The average Bonchev–Trinajstić information content (AvgIpc) is 3.03. The van der Waals surface area contributed by atoms with Crippen LogP contribution in [0, 0.1) is 55.4 Å². The number of aromatic nitrogens is 3. The van der Waals surface area contributed by atoms with Gasteiger partial charge >= 0.3 is 0 Å². The first-order chi connectivity index (χ1) is 13.2. The van der Waals surface area contributed by atoms with Crippen LogP contribution >= 0.6 is 0 Å². The lowest BCUT2D eigenvalue weighted by atomic mass is 9.79. The van der Waals surface area contributed by atoms with Crippen LogP contribution in [0.5, 0.6) is 0 Å². The molecular formula is C25H27N3. The summed E-state index contributed by atoms with van der Waals surface area (Å²) >= 11 is 0. The van der Waals surface area contributed by atoms with Crippen LogP contribution in [0.1, 0.15) is 44.5 Å². The van der Waals surface area contributed by atoms with Gasteiger partial charge in [-0.3, -0.25) is 0 Å². The Morgan fingerprint density at radius 2 is 0.679 bits per heavy atom. The first kappa shape index (κ1) is 17.4. The van der Waals surface area contributed by atoms with E-state index in [4.69, 9.17) is 10.2 Å². The van der Waals surface area contributed by atoms with Crippen molar-refractivity contribution < 1.29 is 0 Å². The molecule has 0 fully saturated rings. The van der Waals surface area contributed by atoms with Gasteiger partial charge in [-0.1, -0.05) is 0 Å². The first-order valence-corrected chi connectivity index (χ1v) is 10.0. The zero-order chi connectivity index (χ0) is 20.2. The summed E-state index contributed by atoms with van der Waals surface area (Å²) in [6.07, 6.45) is 0. The smallest absolute Gasteiger partial charge is 0.122 e. The van der Waals surface area contributed by atoms with Crippen LogP contribution in [0.15, 0.2) is 0 Å². The van der Waals surface area contributed by atoms with Crippen LogP contribution in [0.3, 0.4) is 0 Å². The van der Waals surface area contributed by atoms with E-state index in [2.05, 4.69) is 55.4 Å². The number of nitrogens with zero attached hydrogens (tertiary/aromatic N) is 3. The third kappa shape index (κ3) is 1.76. The molecule has 1 aromatic heterocycles. The molecule has 0 radical (unpaired) electrons. The minimum atomic E-state index is 1.04. The molecule has 0 aliphatic heterocycles. The Kier molecular flexibility index (Phi) is 3.25. The summed E-state index contributed by atoms with van der Waals surface area (Å²) in [5, 5.41) is 17.8. The summed E-state index contributed by atoms with van der Waals surface area (Å²) in [6, 6.07) is 0. The maximum atomic E-state index is 4.84. The molecule has 5 aromatic rings. The van der Waals surface area contributed by atoms with Gasteiger partial charge in [0.2, 0.25) is 0 Å². The number of fused-ring (bicyclic) bond motifs is 3. The lowest BCUT2D eigenvalue weighted by Crippen LogP contribution is -2.02. The van der Waals surface area contributed by atoms with Crippen LogP contribution < -0.4 is 0 Å². The molecule has 0 amide bonds. The number of hydrogen-bond donors (Lipinski definition) is 0. The van der Waals surface area contributed by atoms with Crippen LogP contribution in [0.4, 0.5) is 0 Å². The molecule has 0 aliphatic carbocycles. The van der Waals surface area contributed by atoms with Crippen molar-refractivity contribution in [3.63, 3.8) is 0 Å².